The predicted molar refractivity (Wildman–Crippen MR) is 131 cm³/mol. The van der Waals surface area contributed by atoms with Crippen LogP contribution in [0.25, 0.3) is 0 Å². The van der Waals surface area contributed by atoms with Crippen LogP contribution in [0.3, 0.4) is 0 Å². The molecular formula is C26H22BrClN2O4. The van der Waals surface area contributed by atoms with Crippen molar-refractivity contribution in [3.63, 3.8) is 0 Å². The number of ether oxygens (including phenoxy) is 2. The topological polar surface area (TPSA) is 68.2 Å². The van der Waals surface area contributed by atoms with Gasteiger partial charge in [0.25, 0.3) is 11.8 Å². The molecule has 0 radical (unpaired) electrons. The molecule has 7 rings (SSSR count). The molecule has 0 N–H and O–H groups in total. The van der Waals surface area contributed by atoms with E-state index in [1.807, 2.05) is 30.3 Å². The van der Waals surface area contributed by atoms with E-state index in [2.05, 4.69) is 33.2 Å². The zero-order valence-corrected chi connectivity index (χ0v) is 20.7. The summed E-state index contributed by atoms with van der Waals surface area (Å²) in [6.45, 7) is 0.278. The monoisotopic (exact) mass is 540 g/mol. The zero-order chi connectivity index (χ0) is 23.6. The highest BCUT2D eigenvalue weighted by Crippen LogP contribution is 2.65. The molecule has 174 valence electrons. The largest absolute Gasteiger partial charge is 0.493 e. The third-order valence-electron chi connectivity index (χ3n) is 7.54. The number of hydrogen-bond donors (Lipinski definition) is 0. The zero-order valence-electron chi connectivity index (χ0n) is 18.4. The average molecular weight is 542 g/mol. The Kier molecular flexibility index (Phi) is 5.30. The van der Waals surface area contributed by atoms with E-state index in [1.165, 1.54) is 6.21 Å². The number of amides is 2. The van der Waals surface area contributed by atoms with E-state index in [0.717, 1.165) is 17.0 Å². The number of allylic oxidation sites excluding steroid dienone is 2. The minimum atomic E-state index is -0.259. The molecule has 6 atom stereocenters. The van der Waals surface area contributed by atoms with Crippen molar-refractivity contribution in [3.8, 4) is 11.5 Å². The molecule has 2 amide bonds. The molecule has 1 saturated heterocycles. The molecule has 8 heteroatoms. The number of methoxy groups -OCH3 is 1. The number of hydrazone groups is 1. The number of benzene rings is 2. The number of rotatable bonds is 6. The number of imide groups is 1. The number of carbonyl (C=O) groups excluding carboxylic acids is 2. The van der Waals surface area contributed by atoms with Crippen LogP contribution in [0.15, 0.2) is 58.1 Å². The van der Waals surface area contributed by atoms with E-state index >= 15 is 0 Å². The van der Waals surface area contributed by atoms with Gasteiger partial charge in [0.1, 0.15) is 6.61 Å². The Hall–Kier alpha value is -2.64. The molecule has 6 unspecified atom stereocenters. The molecule has 0 aromatic heterocycles. The van der Waals surface area contributed by atoms with E-state index in [0.29, 0.717) is 38.4 Å². The highest BCUT2D eigenvalue weighted by molar-refractivity contribution is 9.10. The van der Waals surface area contributed by atoms with Crippen LogP contribution in [-0.4, -0.2) is 30.1 Å². The first kappa shape index (κ1) is 21.9. The van der Waals surface area contributed by atoms with Crippen LogP contribution in [0.4, 0.5) is 0 Å². The Bertz CT molecular complexity index is 1230. The maximum atomic E-state index is 13.1. The lowest BCUT2D eigenvalue weighted by molar-refractivity contribution is -0.140. The van der Waals surface area contributed by atoms with E-state index in [-0.39, 0.29) is 42.1 Å². The summed E-state index contributed by atoms with van der Waals surface area (Å²) in [6.07, 6.45) is 6.97. The summed E-state index contributed by atoms with van der Waals surface area (Å²) in [4.78, 5) is 26.2. The quantitative estimate of drug-likeness (QED) is 0.291. The lowest BCUT2D eigenvalue weighted by Crippen LogP contribution is -2.40. The fraction of sp³-hybridized carbons (Fsp3) is 0.346. The van der Waals surface area contributed by atoms with Gasteiger partial charge >= 0.3 is 0 Å². The van der Waals surface area contributed by atoms with E-state index in [4.69, 9.17) is 21.1 Å². The van der Waals surface area contributed by atoms with Crippen molar-refractivity contribution >= 4 is 45.6 Å². The lowest BCUT2D eigenvalue weighted by atomic mass is 9.63. The number of halogens is 2. The van der Waals surface area contributed by atoms with Gasteiger partial charge in [0, 0.05) is 10.6 Å². The fourth-order valence-corrected chi connectivity index (χ4v) is 6.66. The van der Waals surface area contributed by atoms with Gasteiger partial charge in [-0.15, -0.1) is 0 Å². The Morgan fingerprint density at radius 2 is 1.79 bits per heavy atom. The highest BCUT2D eigenvalue weighted by Gasteiger charge is 2.67. The number of hydrogen-bond acceptors (Lipinski definition) is 5. The molecule has 6 nitrogen and oxygen atoms in total. The van der Waals surface area contributed by atoms with Crippen LogP contribution in [0.2, 0.25) is 5.02 Å². The Morgan fingerprint density at radius 3 is 2.44 bits per heavy atom. The van der Waals surface area contributed by atoms with Gasteiger partial charge in [-0.2, -0.15) is 10.1 Å². The summed E-state index contributed by atoms with van der Waals surface area (Å²) in [7, 11) is 1.55. The standard InChI is InChI=1S/C26H22BrClN2O4/c1-33-21-9-13(8-19(27)24(21)34-12-14-4-2-3-5-20(14)28)11-29-30-25(31)22-15-6-7-16(18-10-17(15)18)23(22)26(30)32/h2-9,11,15-18,22-23H,10,12H2,1H3. The van der Waals surface area contributed by atoms with Crippen LogP contribution in [0, 0.1) is 35.5 Å². The van der Waals surface area contributed by atoms with Gasteiger partial charge in [-0.1, -0.05) is 42.0 Å². The Balaban J connectivity index is 1.21. The summed E-state index contributed by atoms with van der Waals surface area (Å²) in [5, 5.41) is 6.02. The van der Waals surface area contributed by atoms with Gasteiger partial charge in [-0.05, 0) is 69.8 Å². The molecule has 2 bridgehead atoms. The van der Waals surface area contributed by atoms with Gasteiger partial charge < -0.3 is 9.47 Å². The molecular weight excluding hydrogens is 520 g/mol. The molecule has 3 fully saturated rings. The number of carbonyl (C=O) groups is 2. The van der Waals surface area contributed by atoms with E-state index < -0.39 is 0 Å². The summed E-state index contributed by atoms with van der Waals surface area (Å²) in [5.74, 6) is 1.64. The maximum Gasteiger partial charge on any atom is 0.254 e. The summed E-state index contributed by atoms with van der Waals surface area (Å²) in [6, 6.07) is 11.1. The normalized spacial score (nSPS) is 30.6. The Morgan fingerprint density at radius 1 is 1.12 bits per heavy atom. The third-order valence-corrected chi connectivity index (χ3v) is 8.50. The summed E-state index contributed by atoms with van der Waals surface area (Å²) in [5.41, 5.74) is 1.53. The molecule has 4 aliphatic carbocycles. The second-order valence-corrected chi connectivity index (χ2v) is 10.6. The smallest absolute Gasteiger partial charge is 0.254 e. The van der Waals surface area contributed by atoms with Gasteiger partial charge in [-0.25, -0.2) is 0 Å². The van der Waals surface area contributed by atoms with E-state index in [1.54, 1.807) is 13.2 Å². The second-order valence-electron chi connectivity index (χ2n) is 9.30. The summed E-state index contributed by atoms with van der Waals surface area (Å²) >= 11 is 9.77. The van der Waals surface area contributed by atoms with Crippen molar-refractivity contribution in [2.45, 2.75) is 13.0 Å². The van der Waals surface area contributed by atoms with Gasteiger partial charge in [0.15, 0.2) is 11.5 Å². The van der Waals surface area contributed by atoms with Crippen LogP contribution in [0.1, 0.15) is 17.5 Å². The third kappa shape index (κ3) is 3.40. The van der Waals surface area contributed by atoms with Gasteiger partial charge in [0.2, 0.25) is 0 Å². The van der Waals surface area contributed by atoms with Crippen molar-refractivity contribution in [2.24, 2.45) is 40.6 Å². The first-order chi connectivity index (χ1) is 16.5. The van der Waals surface area contributed by atoms with Gasteiger partial charge in [0.05, 0.1) is 29.6 Å². The van der Waals surface area contributed by atoms with Gasteiger partial charge in [-0.3, -0.25) is 9.59 Å². The first-order valence-electron chi connectivity index (χ1n) is 11.3. The minimum absolute atomic E-state index is 0.179. The molecule has 5 aliphatic rings. The number of nitrogens with zero attached hydrogens (tertiary/aromatic N) is 2. The van der Waals surface area contributed by atoms with Crippen LogP contribution in [-0.2, 0) is 16.2 Å². The van der Waals surface area contributed by atoms with Crippen molar-refractivity contribution in [1.82, 2.24) is 5.01 Å². The summed E-state index contributed by atoms with van der Waals surface area (Å²) < 4.78 is 12.2. The maximum absolute atomic E-state index is 13.1. The molecule has 2 saturated carbocycles. The molecule has 2 aromatic carbocycles. The molecule has 0 spiro atoms. The van der Waals surface area contributed by atoms with Crippen molar-refractivity contribution < 1.29 is 19.1 Å². The first-order valence-corrected chi connectivity index (χ1v) is 12.5. The molecule has 1 heterocycles. The molecule has 1 aliphatic heterocycles. The van der Waals surface area contributed by atoms with Crippen molar-refractivity contribution in [1.29, 1.82) is 0 Å². The van der Waals surface area contributed by atoms with Crippen molar-refractivity contribution in [3.05, 3.63) is 69.2 Å². The van der Waals surface area contributed by atoms with E-state index in [9.17, 15) is 9.59 Å². The molecule has 34 heavy (non-hydrogen) atoms. The predicted octanol–water partition coefficient (Wildman–Crippen LogP) is 5.08. The van der Waals surface area contributed by atoms with Crippen molar-refractivity contribution in [2.75, 3.05) is 7.11 Å². The minimum Gasteiger partial charge on any atom is -0.493 e. The molecule has 2 aromatic rings. The van der Waals surface area contributed by atoms with Crippen LogP contribution >= 0.6 is 27.5 Å². The fourth-order valence-electron chi connectivity index (χ4n) is 5.90. The van der Waals surface area contributed by atoms with Crippen LogP contribution in [0.5, 0.6) is 11.5 Å². The lowest BCUT2D eigenvalue weighted by Gasteiger charge is -2.37. The Labute approximate surface area is 210 Å². The van der Waals surface area contributed by atoms with Crippen LogP contribution < -0.4 is 9.47 Å². The average Bonchev–Trinajstić information content (AvgIpc) is 3.62. The second kappa shape index (κ2) is 8.24. The highest BCUT2D eigenvalue weighted by atomic mass is 79.9. The SMILES string of the molecule is COc1cc(C=NN2C(=O)C3C4C=CC(C5CC45)C3C2=O)cc(Br)c1OCc1ccccc1Cl.